The number of nitrogens with one attached hydrogen (secondary N) is 2. The molecule has 84 valence electrons. The average Bonchev–Trinajstić information content (AvgIpc) is 2.90. The predicted octanol–water partition coefficient (Wildman–Crippen LogP) is 1.67. The van der Waals surface area contributed by atoms with Gasteiger partial charge >= 0.3 is 0 Å². The van der Waals surface area contributed by atoms with E-state index < -0.39 is 0 Å². The lowest BCUT2D eigenvalue weighted by molar-refractivity contribution is 0.410. The smallest absolute Gasteiger partial charge is 0.183 e. The normalized spacial score (nSPS) is 19.5. The molecule has 0 saturated heterocycles. The van der Waals surface area contributed by atoms with Gasteiger partial charge in [0.2, 0.25) is 0 Å². The summed E-state index contributed by atoms with van der Waals surface area (Å²) in [6.07, 6.45) is 7.11. The summed E-state index contributed by atoms with van der Waals surface area (Å²) in [6.45, 7) is 0. The maximum atomic E-state index is 4.12. The number of aromatic amines is 1. The molecular formula is C10H18N4S. The van der Waals surface area contributed by atoms with E-state index in [1.165, 1.54) is 25.7 Å². The number of hydrogen-bond donors (Lipinski definition) is 2. The van der Waals surface area contributed by atoms with E-state index >= 15 is 0 Å². The van der Waals surface area contributed by atoms with Crippen molar-refractivity contribution in [2.75, 3.05) is 12.8 Å². The van der Waals surface area contributed by atoms with Gasteiger partial charge in [0.1, 0.15) is 6.33 Å². The largest absolute Gasteiger partial charge is 0.316 e. The van der Waals surface area contributed by atoms with E-state index in [2.05, 4.69) is 27.5 Å². The SMILES string of the molecule is CNC(CSc1ncn[nH]1)C1CCCC1. The summed E-state index contributed by atoms with van der Waals surface area (Å²) in [4.78, 5) is 4.12. The second-order valence-electron chi connectivity index (χ2n) is 4.04. The summed E-state index contributed by atoms with van der Waals surface area (Å²) in [6, 6.07) is 0.614. The van der Waals surface area contributed by atoms with E-state index in [0.717, 1.165) is 16.8 Å². The molecule has 5 heteroatoms. The Labute approximate surface area is 94.6 Å². The Balaban J connectivity index is 1.80. The number of thioether (sulfide) groups is 1. The Morgan fingerprint density at radius 3 is 3.00 bits per heavy atom. The van der Waals surface area contributed by atoms with E-state index in [1.54, 1.807) is 18.1 Å². The first kappa shape index (κ1) is 11.0. The van der Waals surface area contributed by atoms with Crippen molar-refractivity contribution in [2.24, 2.45) is 5.92 Å². The lowest BCUT2D eigenvalue weighted by Crippen LogP contribution is -2.34. The van der Waals surface area contributed by atoms with Crippen molar-refractivity contribution >= 4 is 11.8 Å². The third-order valence-corrected chi connectivity index (χ3v) is 4.13. The Morgan fingerprint density at radius 2 is 2.40 bits per heavy atom. The summed E-state index contributed by atoms with van der Waals surface area (Å²) in [5, 5.41) is 11.1. The van der Waals surface area contributed by atoms with Gasteiger partial charge in [0, 0.05) is 11.8 Å². The highest BCUT2D eigenvalue weighted by Gasteiger charge is 2.23. The van der Waals surface area contributed by atoms with Gasteiger partial charge in [-0.15, -0.1) is 0 Å². The molecule has 1 aliphatic carbocycles. The van der Waals surface area contributed by atoms with Gasteiger partial charge in [0.05, 0.1) is 0 Å². The Hall–Kier alpha value is -0.550. The highest BCUT2D eigenvalue weighted by Crippen LogP contribution is 2.29. The summed E-state index contributed by atoms with van der Waals surface area (Å²) < 4.78 is 0. The topological polar surface area (TPSA) is 53.6 Å². The van der Waals surface area contributed by atoms with Crippen molar-refractivity contribution < 1.29 is 0 Å². The van der Waals surface area contributed by atoms with Gasteiger partial charge < -0.3 is 5.32 Å². The molecule has 0 spiro atoms. The lowest BCUT2D eigenvalue weighted by atomic mass is 10.0. The van der Waals surface area contributed by atoms with E-state index in [-0.39, 0.29) is 0 Å². The Kier molecular flexibility index (Phi) is 4.02. The first-order valence-corrected chi connectivity index (χ1v) is 6.54. The minimum Gasteiger partial charge on any atom is -0.316 e. The zero-order valence-corrected chi connectivity index (χ0v) is 9.89. The van der Waals surface area contributed by atoms with Crippen LogP contribution in [0.2, 0.25) is 0 Å². The molecule has 1 fully saturated rings. The van der Waals surface area contributed by atoms with Crippen LogP contribution >= 0.6 is 11.8 Å². The molecule has 0 bridgehead atoms. The van der Waals surface area contributed by atoms with E-state index in [0.29, 0.717) is 6.04 Å². The fourth-order valence-electron chi connectivity index (χ4n) is 2.25. The molecule has 1 aromatic heterocycles. The van der Waals surface area contributed by atoms with Crippen LogP contribution in [0.4, 0.5) is 0 Å². The number of nitrogens with zero attached hydrogens (tertiary/aromatic N) is 2. The molecule has 1 atom stereocenters. The zero-order chi connectivity index (χ0) is 10.5. The molecule has 2 rings (SSSR count). The number of aromatic nitrogens is 3. The summed E-state index contributed by atoms with van der Waals surface area (Å²) in [5.74, 6) is 1.93. The third kappa shape index (κ3) is 2.95. The first-order chi connectivity index (χ1) is 7.40. The van der Waals surface area contributed by atoms with Gasteiger partial charge in [0.15, 0.2) is 5.16 Å². The van der Waals surface area contributed by atoms with E-state index in [9.17, 15) is 0 Å². The fourth-order valence-corrected chi connectivity index (χ4v) is 3.26. The maximum Gasteiger partial charge on any atom is 0.183 e. The molecule has 2 N–H and O–H groups in total. The minimum atomic E-state index is 0.614. The van der Waals surface area contributed by atoms with Crippen LogP contribution in [-0.4, -0.2) is 34.0 Å². The molecule has 1 saturated carbocycles. The van der Waals surface area contributed by atoms with Crippen molar-refractivity contribution in [3.05, 3.63) is 6.33 Å². The Morgan fingerprint density at radius 1 is 1.60 bits per heavy atom. The van der Waals surface area contributed by atoms with Gasteiger partial charge in [-0.3, -0.25) is 5.10 Å². The van der Waals surface area contributed by atoms with Crippen LogP contribution < -0.4 is 5.32 Å². The molecule has 1 heterocycles. The number of H-pyrrole nitrogens is 1. The molecule has 0 aliphatic heterocycles. The van der Waals surface area contributed by atoms with Gasteiger partial charge in [-0.2, -0.15) is 5.10 Å². The number of hydrogen-bond acceptors (Lipinski definition) is 4. The molecule has 1 aromatic rings. The summed E-state index contributed by atoms with van der Waals surface area (Å²) in [7, 11) is 2.06. The van der Waals surface area contributed by atoms with Crippen LogP contribution in [0.15, 0.2) is 11.5 Å². The summed E-state index contributed by atoms with van der Waals surface area (Å²) >= 11 is 1.75. The third-order valence-electron chi connectivity index (χ3n) is 3.13. The molecule has 0 radical (unpaired) electrons. The lowest BCUT2D eigenvalue weighted by Gasteiger charge is -2.21. The molecule has 4 nitrogen and oxygen atoms in total. The molecular weight excluding hydrogens is 208 g/mol. The summed E-state index contributed by atoms with van der Waals surface area (Å²) in [5.41, 5.74) is 0. The minimum absolute atomic E-state index is 0.614. The second kappa shape index (κ2) is 5.51. The Bertz CT molecular complexity index is 269. The quantitative estimate of drug-likeness (QED) is 0.750. The van der Waals surface area contributed by atoms with E-state index in [1.807, 2.05) is 0 Å². The molecule has 1 aliphatic rings. The van der Waals surface area contributed by atoms with Crippen LogP contribution in [0, 0.1) is 5.92 Å². The fraction of sp³-hybridized carbons (Fsp3) is 0.800. The van der Waals surface area contributed by atoms with Gasteiger partial charge in [-0.1, -0.05) is 24.6 Å². The molecule has 0 aromatic carbocycles. The first-order valence-electron chi connectivity index (χ1n) is 5.55. The number of rotatable bonds is 5. The highest BCUT2D eigenvalue weighted by atomic mass is 32.2. The van der Waals surface area contributed by atoms with Crippen LogP contribution in [0.25, 0.3) is 0 Å². The zero-order valence-electron chi connectivity index (χ0n) is 9.07. The van der Waals surface area contributed by atoms with Gasteiger partial charge in [-0.25, -0.2) is 4.98 Å². The molecule has 15 heavy (non-hydrogen) atoms. The van der Waals surface area contributed by atoms with Crippen molar-refractivity contribution in [1.29, 1.82) is 0 Å². The standard InChI is InChI=1S/C10H18N4S/c1-11-9(8-4-2-3-5-8)6-15-10-12-7-13-14-10/h7-9,11H,2-6H2,1H3,(H,12,13,14). The van der Waals surface area contributed by atoms with Gasteiger partial charge in [-0.05, 0) is 25.8 Å². The average molecular weight is 226 g/mol. The maximum absolute atomic E-state index is 4.12. The van der Waals surface area contributed by atoms with Crippen molar-refractivity contribution in [1.82, 2.24) is 20.5 Å². The van der Waals surface area contributed by atoms with Crippen LogP contribution in [0.3, 0.4) is 0 Å². The van der Waals surface area contributed by atoms with Crippen LogP contribution in [-0.2, 0) is 0 Å². The predicted molar refractivity (Wildman–Crippen MR) is 61.9 cm³/mol. The molecule has 0 amide bonds. The second-order valence-corrected chi connectivity index (χ2v) is 5.05. The van der Waals surface area contributed by atoms with Crippen molar-refractivity contribution in [3.8, 4) is 0 Å². The van der Waals surface area contributed by atoms with Crippen LogP contribution in [0.5, 0.6) is 0 Å². The highest BCUT2D eigenvalue weighted by molar-refractivity contribution is 7.99. The van der Waals surface area contributed by atoms with Crippen LogP contribution in [0.1, 0.15) is 25.7 Å². The monoisotopic (exact) mass is 226 g/mol. The van der Waals surface area contributed by atoms with E-state index in [4.69, 9.17) is 0 Å². The van der Waals surface area contributed by atoms with Crippen molar-refractivity contribution in [3.63, 3.8) is 0 Å². The van der Waals surface area contributed by atoms with Gasteiger partial charge in [0.25, 0.3) is 0 Å². The molecule has 1 unspecified atom stereocenters. The van der Waals surface area contributed by atoms with Crippen molar-refractivity contribution in [2.45, 2.75) is 36.9 Å².